The van der Waals surface area contributed by atoms with Crippen LogP contribution in [0.5, 0.6) is 0 Å². The van der Waals surface area contributed by atoms with Crippen LogP contribution in [0.25, 0.3) is 0 Å². The van der Waals surface area contributed by atoms with Crippen molar-refractivity contribution in [2.75, 3.05) is 26.7 Å². The number of furan rings is 1. The zero-order valence-electron chi connectivity index (χ0n) is 12.7. The van der Waals surface area contributed by atoms with Gasteiger partial charge in [0.2, 0.25) is 0 Å². The number of nitrogens with one attached hydrogen (secondary N) is 1. The van der Waals surface area contributed by atoms with Crippen LogP contribution in [0.15, 0.2) is 22.8 Å². The summed E-state index contributed by atoms with van der Waals surface area (Å²) in [6.07, 6.45) is 5.85. The van der Waals surface area contributed by atoms with E-state index in [-0.39, 0.29) is 0 Å². The monoisotopic (exact) mass is 277 g/mol. The minimum atomic E-state index is 0.595. The molecule has 4 heteroatoms. The molecule has 2 aliphatic rings. The second-order valence-electron chi connectivity index (χ2n) is 6.39. The molecule has 2 aliphatic heterocycles. The Hall–Kier alpha value is -0.840. The number of rotatable bonds is 5. The lowest BCUT2D eigenvalue weighted by Gasteiger charge is -2.31. The van der Waals surface area contributed by atoms with E-state index < -0.39 is 0 Å². The first-order valence-corrected chi connectivity index (χ1v) is 7.93. The van der Waals surface area contributed by atoms with Crippen LogP contribution >= 0.6 is 0 Å². The maximum atomic E-state index is 5.35. The quantitative estimate of drug-likeness (QED) is 0.891. The highest BCUT2D eigenvalue weighted by Gasteiger charge is 2.35. The number of nitrogens with zero attached hydrogens (tertiary/aromatic N) is 2. The molecule has 4 nitrogen and oxygen atoms in total. The van der Waals surface area contributed by atoms with Gasteiger partial charge in [-0.15, -0.1) is 0 Å². The number of likely N-dealkylation sites (tertiary alicyclic amines) is 1. The second-order valence-corrected chi connectivity index (χ2v) is 6.39. The molecule has 3 rings (SSSR count). The lowest BCUT2D eigenvalue weighted by atomic mass is 10.1. The van der Waals surface area contributed by atoms with Gasteiger partial charge in [-0.05, 0) is 45.4 Å². The van der Waals surface area contributed by atoms with E-state index in [1.165, 1.54) is 32.4 Å². The first kappa shape index (κ1) is 14.1. The van der Waals surface area contributed by atoms with Crippen molar-refractivity contribution >= 4 is 0 Å². The van der Waals surface area contributed by atoms with Crippen LogP contribution in [0, 0.1) is 0 Å². The number of hydrogen-bond acceptors (Lipinski definition) is 4. The van der Waals surface area contributed by atoms with Gasteiger partial charge in [-0.2, -0.15) is 0 Å². The number of hydrogen-bond donors (Lipinski definition) is 1. The summed E-state index contributed by atoms with van der Waals surface area (Å²) in [5, 5.41) is 3.51. The molecular weight excluding hydrogens is 250 g/mol. The molecule has 1 N–H and O–H groups in total. The molecule has 0 aromatic carbocycles. The molecular formula is C16H27N3O. The third kappa shape index (κ3) is 3.08. The van der Waals surface area contributed by atoms with Crippen LogP contribution in [-0.2, 0) is 6.54 Å². The summed E-state index contributed by atoms with van der Waals surface area (Å²) in [5.74, 6) is 1.02. The smallest absolute Gasteiger partial charge is 0.117 e. The first-order valence-electron chi connectivity index (χ1n) is 7.93. The van der Waals surface area contributed by atoms with Crippen molar-refractivity contribution in [3.8, 4) is 0 Å². The van der Waals surface area contributed by atoms with Crippen LogP contribution < -0.4 is 5.32 Å². The average molecular weight is 277 g/mol. The van der Waals surface area contributed by atoms with Crippen molar-refractivity contribution in [3.63, 3.8) is 0 Å². The van der Waals surface area contributed by atoms with E-state index in [1.54, 1.807) is 6.26 Å². The molecule has 2 saturated heterocycles. The third-order valence-corrected chi connectivity index (χ3v) is 5.12. The highest BCUT2D eigenvalue weighted by molar-refractivity contribution is 4.97. The normalized spacial score (nSPS) is 29.5. The van der Waals surface area contributed by atoms with Gasteiger partial charge in [-0.1, -0.05) is 0 Å². The standard InChI is InChI=1S/C16H27N3O/c1-13(10-17-11-16-4-3-9-20-16)19-8-7-14-5-6-15(12-19)18(14)2/h3-4,9,13-15,17H,5-8,10-12H2,1-2H3. The van der Waals surface area contributed by atoms with Crippen LogP contribution in [0.4, 0.5) is 0 Å². The molecule has 1 aromatic heterocycles. The predicted molar refractivity (Wildman–Crippen MR) is 80.6 cm³/mol. The molecule has 3 unspecified atom stereocenters. The fourth-order valence-corrected chi connectivity index (χ4v) is 3.68. The van der Waals surface area contributed by atoms with Crippen molar-refractivity contribution in [2.45, 2.75) is 50.9 Å². The third-order valence-electron chi connectivity index (χ3n) is 5.12. The first-order chi connectivity index (χ1) is 9.74. The van der Waals surface area contributed by atoms with E-state index in [0.717, 1.165) is 30.9 Å². The largest absolute Gasteiger partial charge is 0.468 e. The summed E-state index contributed by atoms with van der Waals surface area (Å²) >= 11 is 0. The van der Waals surface area contributed by atoms with Gasteiger partial charge in [-0.25, -0.2) is 0 Å². The van der Waals surface area contributed by atoms with Crippen LogP contribution in [0.1, 0.15) is 31.9 Å². The van der Waals surface area contributed by atoms with Gasteiger partial charge in [0.15, 0.2) is 0 Å². The van der Waals surface area contributed by atoms with E-state index in [1.807, 2.05) is 12.1 Å². The maximum Gasteiger partial charge on any atom is 0.117 e. The van der Waals surface area contributed by atoms with Gasteiger partial charge >= 0.3 is 0 Å². The van der Waals surface area contributed by atoms with Crippen molar-refractivity contribution in [3.05, 3.63) is 24.2 Å². The molecule has 0 spiro atoms. The zero-order valence-corrected chi connectivity index (χ0v) is 12.7. The van der Waals surface area contributed by atoms with Crippen molar-refractivity contribution in [1.29, 1.82) is 0 Å². The average Bonchev–Trinajstić information content (AvgIpc) is 2.99. The zero-order chi connectivity index (χ0) is 13.9. The summed E-state index contributed by atoms with van der Waals surface area (Å²) in [7, 11) is 2.31. The molecule has 3 atom stereocenters. The minimum Gasteiger partial charge on any atom is -0.468 e. The Labute approximate surface area is 122 Å². The summed E-state index contributed by atoms with van der Waals surface area (Å²) in [6.45, 7) is 6.68. The predicted octanol–water partition coefficient (Wildman–Crippen LogP) is 1.93. The van der Waals surface area contributed by atoms with Gasteiger partial charge in [0, 0.05) is 37.8 Å². The lowest BCUT2D eigenvalue weighted by Crippen LogP contribution is -2.44. The number of fused-ring (bicyclic) bond motifs is 2. The van der Waals surface area contributed by atoms with Gasteiger partial charge in [0.25, 0.3) is 0 Å². The Morgan fingerprint density at radius 1 is 1.35 bits per heavy atom. The fourth-order valence-electron chi connectivity index (χ4n) is 3.68. The molecule has 3 heterocycles. The van der Waals surface area contributed by atoms with E-state index in [0.29, 0.717) is 6.04 Å². The lowest BCUT2D eigenvalue weighted by molar-refractivity contribution is 0.177. The van der Waals surface area contributed by atoms with Crippen molar-refractivity contribution in [2.24, 2.45) is 0 Å². The summed E-state index contributed by atoms with van der Waals surface area (Å²) in [5.41, 5.74) is 0. The van der Waals surface area contributed by atoms with E-state index in [2.05, 4.69) is 29.1 Å². The van der Waals surface area contributed by atoms with Gasteiger partial charge in [0.05, 0.1) is 12.8 Å². The summed E-state index contributed by atoms with van der Waals surface area (Å²) in [6, 6.07) is 6.17. The molecule has 0 aliphatic carbocycles. The Morgan fingerprint density at radius 2 is 2.20 bits per heavy atom. The van der Waals surface area contributed by atoms with Crippen molar-refractivity contribution < 1.29 is 4.42 Å². The Kier molecular flexibility index (Phi) is 4.44. The Morgan fingerprint density at radius 3 is 3.00 bits per heavy atom. The molecule has 1 aromatic rings. The van der Waals surface area contributed by atoms with Gasteiger partial charge in [0.1, 0.15) is 5.76 Å². The Balaban J connectivity index is 1.46. The van der Waals surface area contributed by atoms with Gasteiger partial charge in [-0.3, -0.25) is 9.80 Å². The number of likely N-dealkylation sites (N-methyl/N-ethyl adjacent to an activating group) is 1. The van der Waals surface area contributed by atoms with E-state index >= 15 is 0 Å². The van der Waals surface area contributed by atoms with E-state index in [4.69, 9.17) is 4.42 Å². The van der Waals surface area contributed by atoms with E-state index in [9.17, 15) is 0 Å². The second kappa shape index (κ2) is 6.29. The fraction of sp³-hybridized carbons (Fsp3) is 0.750. The van der Waals surface area contributed by atoms with Crippen LogP contribution in [-0.4, -0.2) is 54.6 Å². The molecule has 2 bridgehead atoms. The molecule has 0 saturated carbocycles. The van der Waals surface area contributed by atoms with Crippen LogP contribution in [0.2, 0.25) is 0 Å². The molecule has 0 amide bonds. The molecule has 2 fully saturated rings. The van der Waals surface area contributed by atoms with Crippen molar-refractivity contribution in [1.82, 2.24) is 15.1 Å². The molecule has 0 radical (unpaired) electrons. The van der Waals surface area contributed by atoms with Gasteiger partial charge < -0.3 is 9.73 Å². The summed E-state index contributed by atoms with van der Waals surface area (Å²) < 4.78 is 5.35. The molecule has 20 heavy (non-hydrogen) atoms. The highest BCUT2D eigenvalue weighted by Crippen LogP contribution is 2.29. The van der Waals surface area contributed by atoms with Crippen LogP contribution in [0.3, 0.4) is 0 Å². The Bertz CT molecular complexity index is 406. The topological polar surface area (TPSA) is 31.7 Å². The highest BCUT2D eigenvalue weighted by atomic mass is 16.3. The summed E-state index contributed by atoms with van der Waals surface area (Å²) in [4.78, 5) is 5.28. The minimum absolute atomic E-state index is 0.595. The molecule has 112 valence electrons. The maximum absolute atomic E-state index is 5.35. The SMILES string of the molecule is CC(CNCc1ccco1)N1CCC2CCC(C1)N2C.